The summed E-state index contributed by atoms with van der Waals surface area (Å²) in [6.07, 6.45) is 98.7. The molecule has 0 fully saturated rings. The Bertz CT molecular complexity index is 2060. The molecule has 10 heteroatoms. The highest BCUT2D eigenvalue weighted by atomic mass is 31.2. The number of allylic oxidation sites excluding steroid dienone is 28. The van der Waals surface area contributed by atoms with E-state index in [-0.39, 0.29) is 32.0 Å². The van der Waals surface area contributed by atoms with Crippen molar-refractivity contribution in [2.45, 2.75) is 251 Å². The van der Waals surface area contributed by atoms with Crippen molar-refractivity contribution in [3.63, 3.8) is 0 Å². The molecule has 0 aliphatic carbocycles. The van der Waals surface area contributed by atoms with Gasteiger partial charge in [-0.05, 0) is 128 Å². The molecule has 0 saturated carbocycles. The number of esters is 2. The van der Waals surface area contributed by atoms with Crippen LogP contribution in [0.2, 0.25) is 0 Å². The van der Waals surface area contributed by atoms with Gasteiger partial charge in [-0.1, -0.05) is 274 Å². The summed E-state index contributed by atoms with van der Waals surface area (Å²) >= 11 is 0. The summed E-state index contributed by atoms with van der Waals surface area (Å²) in [6, 6.07) is 0. The van der Waals surface area contributed by atoms with E-state index in [1.165, 1.54) is 64.2 Å². The van der Waals surface area contributed by atoms with Crippen LogP contribution in [-0.2, 0) is 32.7 Å². The van der Waals surface area contributed by atoms with Gasteiger partial charge in [-0.25, -0.2) is 4.57 Å². The van der Waals surface area contributed by atoms with Crippen LogP contribution < -0.4 is 0 Å². The van der Waals surface area contributed by atoms with Crippen molar-refractivity contribution in [1.29, 1.82) is 0 Å². The van der Waals surface area contributed by atoms with Crippen molar-refractivity contribution in [2.75, 3.05) is 47.5 Å². The van der Waals surface area contributed by atoms with Crippen molar-refractivity contribution < 1.29 is 42.1 Å². The molecule has 0 aromatic carbocycles. The number of carbonyl (C=O) groups excluding carboxylic acids is 2. The van der Waals surface area contributed by atoms with Gasteiger partial charge in [-0.3, -0.25) is 18.6 Å². The van der Waals surface area contributed by atoms with Gasteiger partial charge < -0.3 is 18.9 Å². The third-order valence-corrected chi connectivity index (χ3v) is 14.7. The SMILES string of the molecule is CC/C=C\C/C=C\C/C=C\C/C=C\C/C=C\C/C=C\C/C=C\C/C=C\C/C=C\CCCCCCCCCCCCCC(=O)OC(COC(=O)CCCCCCCCC/C=C\C/C=C\C/C=C\C/C=C\C/C=C\CC)COP(=O)(O)OCC[N+](C)(C)C. The molecule has 0 radical (unpaired) electrons. The van der Waals surface area contributed by atoms with E-state index in [1.54, 1.807) is 0 Å². The Balaban J connectivity index is 4.13. The van der Waals surface area contributed by atoms with Crippen molar-refractivity contribution in [2.24, 2.45) is 0 Å². The normalized spacial score (nSPS) is 14.3. The minimum Gasteiger partial charge on any atom is -0.462 e. The van der Waals surface area contributed by atoms with Crippen LogP contribution in [0, 0.1) is 0 Å². The lowest BCUT2D eigenvalue weighted by molar-refractivity contribution is -0.870. The molecule has 86 heavy (non-hydrogen) atoms. The van der Waals surface area contributed by atoms with Gasteiger partial charge in [-0.15, -0.1) is 0 Å². The summed E-state index contributed by atoms with van der Waals surface area (Å²) in [5.41, 5.74) is 0. The first-order chi connectivity index (χ1) is 42.0. The van der Waals surface area contributed by atoms with Gasteiger partial charge in [0.15, 0.2) is 6.10 Å². The van der Waals surface area contributed by atoms with Crippen LogP contribution in [0.15, 0.2) is 170 Å². The predicted molar refractivity (Wildman–Crippen MR) is 371 cm³/mol. The highest BCUT2D eigenvalue weighted by Crippen LogP contribution is 2.43. The van der Waals surface area contributed by atoms with Gasteiger partial charge in [0.25, 0.3) is 0 Å². The molecule has 2 atom stereocenters. The van der Waals surface area contributed by atoms with E-state index < -0.39 is 26.5 Å². The van der Waals surface area contributed by atoms with Gasteiger partial charge in [0.2, 0.25) is 0 Å². The Morgan fingerprint density at radius 3 is 0.930 bits per heavy atom. The summed E-state index contributed by atoms with van der Waals surface area (Å²) in [6.45, 7) is 4.18. The Morgan fingerprint density at radius 2 is 0.628 bits per heavy atom. The largest absolute Gasteiger partial charge is 0.472 e. The van der Waals surface area contributed by atoms with Crippen molar-refractivity contribution >= 4 is 19.8 Å². The lowest BCUT2D eigenvalue weighted by atomic mass is 10.0. The van der Waals surface area contributed by atoms with Crippen LogP contribution in [0.5, 0.6) is 0 Å². The number of phosphoric acid groups is 1. The summed E-state index contributed by atoms with van der Waals surface area (Å²) in [5, 5.41) is 0. The van der Waals surface area contributed by atoms with Gasteiger partial charge in [0, 0.05) is 12.8 Å². The fourth-order valence-corrected chi connectivity index (χ4v) is 9.36. The van der Waals surface area contributed by atoms with E-state index in [2.05, 4.69) is 184 Å². The third kappa shape index (κ3) is 68.5. The average molecular weight is 1210 g/mol. The Kier molecular flexibility index (Phi) is 61.3. The molecule has 0 aromatic rings. The number of hydrogen-bond donors (Lipinski definition) is 1. The van der Waals surface area contributed by atoms with E-state index >= 15 is 0 Å². The van der Waals surface area contributed by atoms with Crippen molar-refractivity contribution in [3.05, 3.63) is 170 Å². The second-order valence-corrected chi connectivity index (χ2v) is 24.5. The molecule has 0 aliphatic heterocycles. The summed E-state index contributed by atoms with van der Waals surface area (Å²) in [4.78, 5) is 35.8. The number of ether oxygens (including phenoxy) is 2. The molecule has 9 nitrogen and oxygen atoms in total. The first kappa shape index (κ1) is 81.4. The van der Waals surface area contributed by atoms with Gasteiger partial charge >= 0.3 is 19.8 Å². The first-order valence-electron chi connectivity index (χ1n) is 33.9. The minimum atomic E-state index is -4.41. The van der Waals surface area contributed by atoms with Crippen LogP contribution in [0.4, 0.5) is 0 Å². The molecule has 2 unspecified atom stereocenters. The maximum Gasteiger partial charge on any atom is 0.472 e. The number of carbonyl (C=O) groups is 2. The lowest BCUT2D eigenvalue weighted by Gasteiger charge is -2.24. The van der Waals surface area contributed by atoms with Crippen molar-refractivity contribution in [1.82, 2.24) is 0 Å². The Labute approximate surface area is 528 Å². The van der Waals surface area contributed by atoms with Crippen LogP contribution >= 0.6 is 7.82 Å². The maximum absolute atomic E-state index is 12.9. The van der Waals surface area contributed by atoms with Gasteiger partial charge in [0.05, 0.1) is 27.7 Å². The zero-order valence-electron chi connectivity index (χ0n) is 55.2. The standard InChI is InChI=1S/C76H124NO8P/c1-6-8-10-12-14-16-18-20-22-24-26-28-30-31-32-33-34-35-36-37-38-39-40-41-42-43-44-45-47-49-51-53-55-57-59-61-63-65-67-69-76(79)85-74(73-84-86(80,81)83-71-70-77(3,4)5)72-82-75(78)68-66-64-62-60-58-56-54-52-50-48-46-29-27-25-23-21-19-17-15-13-11-9-7-2/h8-11,14-17,20-23,26-29,31-32,34-35,37-38,40-41,43-44,48,50,74H,6-7,12-13,18-19,24-25,30,33,36,39,42,45-47,49,51-73H2,1-5H3/p+1/b10-8-,11-9-,16-14-,17-15-,22-20-,23-21-,28-26-,29-27-,32-31-,35-34-,38-37-,41-40-,44-43-,50-48-. The van der Waals surface area contributed by atoms with E-state index in [4.69, 9.17) is 18.5 Å². The smallest absolute Gasteiger partial charge is 0.462 e. The predicted octanol–water partition coefficient (Wildman–Crippen LogP) is 22.2. The number of hydrogen-bond acceptors (Lipinski definition) is 7. The van der Waals surface area contributed by atoms with Gasteiger partial charge in [-0.2, -0.15) is 0 Å². The van der Waals surface area contributed by atoms with E-state index in [0.29, 0.717) is 17.4 Å². The second-order valence-electron chi connectivity index (χ2n) is 23.1. The van der Waals surface area contributed by atoms with Crippen LogP contribution in [0.25, 0.3) is 0 Å². The zero-order chi connectivity index (χ0) is 62.6. The van der Waals surface area contributed by atoms with Crippen LogP contribution in [0.3, 0.4) is 0 Å². The highest BCUT2D eigenvalue weighted by Gasteiger charge is 2.27. The minimum absolute atomic E-state index is 0.0205. The number of phosphoric ester groups is 1. The molecular formula is C76H125NO8P+. The fraction of sp³-hybridized carbons (Fsp3) is 0.605. The Morgan fingerprint density at radius 1 is 0.360 bits per heavy atom. The summed E-state index contributed by atoms with van der Waals surface area (Å²) in [5.74, 6) is -0.823. The molecule has 1 N–H and O–H groups in total. The zero-order valence-corrected chi connectivity index (χ0v) is 56.1. The summed E-state index contributed by atoms with van der Waals surface area (Å²) in [7, 11) is 1.45. The molecule has 0 aliphatic rings. The molecule has 0 spiro atoms. The molecule has 0 bridgehead atoms. The van der Waals surface area contributed by atoms with Crippen LogP contribution in [-0.4, -0.2) is 74.9 Å². The van der Waals surface area contributed by atoms with Gasteiger partial charge in [0.1, 0.15) is 19.8 Å². The molecule has 0 amide bonds. The number of unbranched alkanes of at least 4 members (excludes halogenated alkanes) is 18. The quantitative estimate of drug-likeness (QED) is 0.0211. The third-order valence-electron chi connectivity index (χ3n) is 13.7. The topological polar surface area (TPSA) is 108 Å². The monoisotopic (exact) mass is 1210 g/mol. The molecule has 0 heterocycles. The second kappa shape index (κ2) is 64.8. The number of nitrogens with zero attached hydrogens (tertiary/aromatic N) is 1. The molecule has 486 valence electrons. The average Bonchev–Trinajstić information content (AvgIpc) is 3.56. The maximum atomic E-state index is 12.9. The first-order valence-corrected chi connectivity index (χ1v) is 35.4. The van der Waals surface area contributed by atoms with Crippen LogP contribution in [0.1, 0.15) is 245 Å². The highest BCUT2D eigenvalue weighted by molar-refractivity contribution is 7.47. The fourth-order valence-electron chi connectivity index (χ4n) is 8.62. The van der Waals surface area contributed by atoms with E-state index in [0.717, 1.165) is 148 Å². The van der Waals surface area contributed by atoms with Crippen molar-refractivity contribution in [3.8, 4) is 0 Å². The van der Waals surface area contributed by atoms with E-state index in [9.17, 15) is 19.0 Å². The Hall–Kier alpha value is -4.63. The molecule has 0 aromatic heterocycles. The number of quaternary nitrogens is 1. The number of likely N-dealkylation sites (N-methyl/N-ethyl adjacent to an activating group) is 1. The molecular weight excluding hydrogens is 1090 g/mol. The van der Waals surface area contributed by atoms with E-state index in [1.807, 2.05) is 21.1 Å². The molecule has 0 saturated heterocycles. The lowest BCUT2D eigenvalue weighted by Crippen LogP contribution is -2.37. The summed E-state index contributed by atoms with van der Waals surface area (Å²) < 4.78 is 34.7. The number of rotatable bonds is 60. The molecule has 0 rings (SSSR count).